The average Bonchev–Trinajstić information content (AvgIpc) is 2.55. The molecule has 0 saturated carbocycles. The molecule has 0 aromatic carbocycles. The van der Waals surface area contributed by atoms with Crippen LogP contribution < -0.4 is 0 Å². The van der Waals surface area contributed by atoms with Crippen molar-refractivity contribution in [2.45, 2.75) is 0 Å². The van der Waals surface area contributed by atoms with E-state index in [2.05, 4.69) is 14.7 Å². The van der Waals surface area contributed by atoms with E-state index < -0.39 is 0 Å². The Bertz CT molecular complexity index is 335. The van der Waals surface area contributed by atoms with Gasteiger partial charge in [0, 0.05) is 12.3 Å². The molecule has 0 bridgehead atoms. The predicted molar refractivity (Wildman–Crippen MR) is 38.0 cm³/mol. The number of nitrogens with zero attached hydrogens (tertiary/aromatic N) is 2. The van der Waals surface area contributed by atoms with Crippen LogP contribution in [0.4, 0.5) is 0 Å². The smallest absolute Gasteiger partial charge is 0.279 e. The van der Waals surface area contributed by atoms with Crippen molar-refractivity contribution in [3.8, 4) is 0 Å². The highest BCUT2D eigenvalue weighted by Gasteiger charge is 2.15. The number of aromatic nitrogens is 1. The predicted octanol–water partition coefficient (Wildman–Crippen LogP) is 0.669. The summed E-state index contributed by atoms with van der Waals surface area (Å²) in [7, 11) is 0. The van der Waals surface area contributed by atoms with Crippen LogP contribution in [0.3, 0.4) is 0 Å². The van der Waals surface area contributed by atoms with Crippen molar-refractivity contribution < 1.29 is 9.32 Å². The highest BCUT2D eigenvalue weighted by molar-refractivity contribution is 6.28. The van der Waals surface area contributed by atoms with E-state index in [1.165, 1.54) is 12.5 Å². The van der Waals surface area contributed by atoms with Crippen molar-refractivity contribution in [3.05, 3.63) is 24.1 Å². The molecule has 2 heterocycles. The van der Waals surface area contributed by atoms with Crippen LogP contribution >= 0.6 is 0 Å². The van der Waals surface area contributed by atoms with Gasteiger partial charge in [-0.3, -0.25) is 4.79 Å². The quantitative estimate of drug-likeness (QED) is 0.588. The van der Waals surface area contributed by atoms with Crippen LogP contribution in [0.25, 0.3) is 5.57 Å². The average molecular weight is 148 g/mol. The van der Waals surface area contributed by atoms with E-state index >= 15 is 0 Å². The van der Waals surface area contributed by atoms with Crippen LogP contribution in [-0.2, 0) is 4.79 Å². The van der Waals surface area contributed by atoms with E-state index in [0.717, 1.165) is 0 Å². The van der Waals surface area contributed by atoms with Crippen LogP contribution in [0.15, 0.2) is 27.9 Å². The number of amides is 1. The molecule has 0 saturated heterocycles. The fourth-order valence-electron chi connectivity index (χ4n) is 0.867. The standard InChI is InChI=1S/C7H4N2O2/c10-7-5(1-3-8-7)6-2-4-11-9-6/h1-4H. The normalized spacial score (nSPS) is 15.6. The molecule has 54 valence electrons. The van der Waals surface area contributed by atoms with Crippen LogP contribution in [0.5, 0.6) is 0 Å². The second-order valence-electron chi connectivity index (χ2n) is 2.05. The van der Waals surface area contributed by atoms with Gasteiger partial charge in [0.1, 0.15) is 12.0 Å². The van der Waals surface area contributed by atoms with Gasteiger partial charge >= 0.3 is 0 Å². The number of hydrogen-bond donors (Lipinski definition) is 0. The van der Waals surface area contributed by atoms with Crippen LogP contribution in [-0.4, -0.2) is 17.3 Å². The van der Waals surface area contributed by atoms with E-state index in [-0.39, 0.29) is 5.91 Å². The Kier molecular flexibility index (Phi) is 1.18. The Morgan fingerprint density at radius 2 is 2.36 bits per heavy atom. The van der Waals surface area contributed by atoms with Crippen LogP contribution in [0, 0.1) is 0 Å². The Balaban J connectivity index is 2.40. The van der Waals surface area contributed by atoms with Gasteiger partial charge in [-0.15, -0.1) is 0 Å². The summed E-state index contributed by atoms with van der Waals surface area (Å²) in [5.74, 6) is -0.265. The zero-order valence-electron chi connectivity index (χ0n) is 5.52. The first-order valence-corrected chi connectivity index (χ1v) is 3.07. The van der Waals surface area contributed by atoms with E-state index in [0.29, 0.717) is 11.3 Å². The summed E-state index contributed by atoms with van der Waals surface area (Å²) in [5, 5.41) is 3.60. The molecule has 1 aliphatic heterocycles. The molecule has 0 spiro atoms. The third-order valence-electron chi connectivity index (χ3n) is 1.38. The summed E-state index contributed by atoms with van der Waals surface area (Å²) < 4.78 is 4.58. The highest BCUT2D eigenvalue weighted by atomic mass is 16.5. The summed E-state index contributed by atoms with van der Waals surface area (Å²) in [4.78, 5) is 14.5. The van der Waals surface area contributed by atoms with Gasteiger partial charge in [-0.1, -0.05) is 5.16 Å². The zero-order valence-corrected chi connectivity index (χ0v) is 5.52. The minimum atomic E-state index is -0.265. The Morgan fingerprint density at radius 1 is 1.45 bits per heavy atom. The second-order valence-corrected chi connectivity index (χ2v) is 2.05. The Labute approximate surface area is 62.2 Å². The first-order valence-electron chi connectivity index (χ1n) is 3.07. The van der Waals surface area contributed by atoms with Gasteiger partial charge < -0.3 is 4.52 Å². The van der Waals surface area contributed by atoms with Crippen molar-refractivity contribution in [2.24, 2.45) is 4.99 Å². The third-order valence-corrected chi connectivity index (χ3v) is 1.38. The van der Waals surface area contributed by atoms with E-state index in [9.17, 15) is 4.79 Å². The maximum absolute atomic E-state index is 10.9. The molecule has 1 aromatic heterocycles. The molecular weight excluding hydrogens is 144 g/mol. The summed E-state index contributed by atoms with van der Waals surface area (Å²) in [6.07, 6.45) is 4.48. The number of carbonyl (C=O) groups excluding carboxylic acids is 1. The van der Waals surface area contributed by atoms with Gasteiger partial charge in [0.25, 0.3) is 5.91 Å². The molecule has 1 aliphatic rings. The molecule has 0 aliphatic carbocycles. The lowest BCUT2D eigenvalue weighted by molar-refractivity contribution is -0.112. The Morgan fingerprint density at radius 3 is 2.91 bits per heavy atom. The maximum Gasteiger partial charge on any atom is 0.279 e. The minimum absolute atomic E-state index is 0.265. The summed E-state index contributed by atoms with van der Waals surface area (Å²) in [5.41, 5.74) is 1.02. The molecule has 0 atom stereocenters. The number of allylic oxidation sites excluding steroid dienone is 1. The van der Waals surface area contributed by atoms with Crippen LogP contribution in [0.2, 0.25) is 0 Å². The monoisotopic (exact) mass is 148 g/mol. The lowest BCUT2D eigenvalue weighted by atomic mass is 10.2. The molecule has 4 nitrogen and oxygen atoms in total. The lowest BCUT2D eigenvalue weighted by Gasteiger charge is -1.88. The van der Waals surface area contributed by atoms with E-state index in [4.69, 9.17) is 0 Å². The van der Waals surface area contributed by atoms with Gasteiger partial charge in [-0.2, -0.15) is 0 Å². The molecular formula is C7H4N2O2. The first kappa shape index (κ1) is 6.03. The molecule has 0 radical (unpaired) electrons. The van der Waals surface area contributed by atoms with Crippen LogP contribution in [0.1, 0.15) is 5.69 Å². The highest BCUT2D eigenvalue weighted by Crippen LogP contribution is 2.15. The van der Waals surface area contributed by atoms with E-state index in [1.54, 1.807) is 12.1 Å². The van der Waals surface area contributed by atoms with Crippen molar-refractivity contribution in [2.75, 3.05) is 0 Å². The molecule has 4 heteroatoms. The Hall–Kier alpha value is -1.71. The molecule has 1 amide bonds. The van der Waals surface area contributed by atoms with Gasteiger partial charge in [-0.05, 0) is 6.08 Å². The maximum atomic E-state index is 10.9. The molecule has 2 rings (SSSR count). The van der Waals surface area contributed by atoms with Gasteiger partial charge in [0.15, 0.2) is 0 Å². The minimum Gasteiger partial charge on any atom is -0.364 e. The van der Waals surface area contributed by atoms with Gasteiger partial charge in [0.2, 0.25) is 0 Å². The second kappa shape index (κ2) is 2.16. The largest absolute Gasteiger partial charge is 0.364 e. The summed E-state index contributed by atoms with van der Waals surface area (Å²) in [6, 6.07) is 1.62. The van der Waals surface area contributed by atoms with E-state index in [1.807, 2.05) is 0 Å². The fraction of sp³-hybridized carbons (Fsp3) is 0. The lowest BCUT2D eigenvalue weighted by Crippen LogP contribution is -1.92. The number of rotatable bonds is 1. The SMILES string of the molecule is O=C1N=CC=C1c1ccon1. The molecule has 11 heavy (non-hydrogen) atoms. The van der Waals surface area contributed by atoms with Crippen molar-refractivity contribution in [1.29, 1.82) is 0 Å². The molecule has 0 unspecified atom stereocenters. The number of hydrogen-bond acceptors (Lipinski definition) is 3. The topological polar surface area (TPSA) is 55.5 Å². The zero-order chi connectivity index (χ0) is 7.68. The summed E-state index contributed by atoms with van der Waals surface area (Å²) >= 11 is 0. The van der Waals surface area contributed by atoms with Gasteiger partial charge in [0.05, 0.1) is 5.57 Å². The molecule has 1 aromatic rings. The van der Waals surface area contributed by atoms with Crippen molar-refractivity contribution in [1.82, 2.24) is 5.16 Å². The molecule has 0 fully saturated rings. The fourth-order valence-corrected chi connectivity index (χ4v) is 0.867. The third kappa shape index (κ3) is 0.881. The first-order chi connectivity index (χ1) is 5.38. The van der Waals surface area contributed by atoms with Gasteiger partial charge in [-0.25, -0.2) is 4.99 Å². The van der Waals surface area contributed by atoms with Crippen molar-refractivity contribution >= 4 is 17.7 Å². The van der Waals surface area contributed by atoms with Crippen molar-refractivity contribution in [3.63, 3.8) is 0 Å². The molecule has 0 N–H and O–H groups in total. The summed E-state index contributed by atoms with van der Waals surface area (Å²) in [6.45, 7) is 0. The number of carbonyl (C=O) groups is 1. The number of aliphatic imine (C=N–C) groups is 1.